The van der Waals surface area contributed by atoms with Crippen molar-refractivity contribution in [3.63, 3.8) is 0 Å². The first-order valence-electron chi connectivity index (χ1n) is 12.1. The van der Waals surface area contributed by atoms with Gasteiger partial charge >= 0.3 is 6.18 Å². The first-order valence-corrected chi connectivity index (χ1v) is 12.1. The number of fused-ring (bicyclic) bond motifs is 1. The molecule has 38 heavy (non-hydrogen) atoms. The van der Waals surface area contributed by atoms with Crippen molar-refractivity contribution in [3.05, 3.63) is 59.7 Å². The molecule has 0 atom stereocenters. The Labute approximate surface area is 216 Å². The molecule has 3 aromatic heterocycles. The molecule has 0 spiro atoms. The highest BCUT2D eigenvalue weighted by Gasteiger charge is 2.34. The molecule has 1 aromatic carbocycles. The Kier molecular flexibility index (Phi) is 6.39. The summed E-state index contributed by atoms with van der Waals surface area (Å²) in [6.45, 7) is 4.59. The van der Waals surface area contributed by atoms with Crippen LogP contribution < -0.4 is 4.90 Å². The predicted molar refractivity (Wildman–Crippen MR) is 135 cm³/mol. The van der Waals surface area contributed by atoms with Gasteiger partial charge in [-0.25, -0.2) is 19.3 Å². The Morgan fingerprint density at radius 3 is 2.55 bits per heavy atom. The van der Waals surface area contributed by atoms with E-state index in [0.29, 0.717) is 30.0 Å². The Balaban J connectivity index is 1.37. The summed E-state index contributed by atoms with van der Waals surface area (Å²) in [4.78, 5) is 18.7. The number of hydrogen-bond donors (Lipinski definition) is 2. The monoisotopic (exact) mass is 526 g/mol. The number of H-pyrrole nitrogens is 1. The van der Waals surface area contributed by atoms with Gasteiger partial charge in [0.1, 0.15) is 35.0 Å². The molecule has 4 heterocycles. The van der Waals surface area contributed by atoms with Crippen LogP contribution >= 0.6 is 0 Å². The molecule has 1 aliphatic rings. The molecule has 0 radical (unpaired) electrons. The molecule has 1 saturated heterocycles. The fourth-order valence-corrected chi connectivity index (χ4v) is 4.76. The van der Waals surface area contributed by atoms with Crippen molar-refractivity contribution in [2.75, 3.05) is 18.0 Å². The fraction of sp³-hybridized carbons (Fsp3) is 0.370. The number of hydrogen-bond acceptors (Lipinski definition) is 5. The Bertz CT molecular complexity index is 1550. The molecule has 1 aliphatic heterocycles. The Morgan fingerprint density at radius 2 is 1.87 bits per heavy atom. The highest BCUT2D eigenvalue weighted by atomic mass is 19.4. The summed E-state index contributed by atoms with van der Waals surface area (Å²) in [6, 6.07) is 2.95. The molecule has 0 bridgehead atoms. The molecule has 11 heteroatoms. The van der Waals surface area contributed by atoms with Gasteiger partial charge in [0.05, 0.1) is 22.2 Å². The zero-order valence-electron chi connectivity index (χ0n) is 21.1. The van der Waals surface area contributed by atoms with Crippen LogP contribution in [0.3, 0.4) is 0 Å². The third kappa shape index (κ3) is 5.09. The fourth-order valence-electron chi connectivity index (χ4n) is 4.76. The predicted octanol–water partition coefficient (Wildman–Crippen LogP) is 5.02. The highest BCUT2D eigenvalue weighted by Crippen LogP contribution is 2.36. The van der Waals surface area contributed by atoms with E-state index in [2.05, 4.69) is 36.7 Å². The quantitative estimate of drug-likeness (QED) is 0.289. The van der Waals surface area contributed by atoms with Crippen LogP contribution in [0.1, 0.15) is 49.6 Å². The molecule has 0 unspecified atom stereocenters. The topological polar surface area (TPSA) is 82.9 Å². The number of anilines is 1. The lowest BCUT2D eigenvalue weighted by Gasteiger charge is -2.32. The van der Waals surface area contributed by atoms with Crippen LogP contribution in [0, 0.1) is 17.7 Å². The number of imidazole rings is 1. The Morgan fingerprint density at radius 1 is 1.13 bits per heavy atom. The van der Waals surface area contributed by atoms with E-state index in [4.69, 9.17) is 0 Å². The zero-order chi connectivity index (χ0) is 27.2. The molecule has 5 rings (SSSR count). The third-order valence-electron chi connectivity index (χ3n) is 6.59. The minimum atomic E-state index is -4.78. The maximum atomic E-state index is 13.8. The minimum absolute atomic E-state index is 0.0885. The highest BCUT2D eigenvalue weighted by molar-refractivity contribution is 5.93. The van der Waals surface area contributed by atoms with Crippen LogP contribution in [-0.2, 0) is 13.2 Å². The molecule has 1 fully saturated rings. The summed E-state index contributed by atoms with van der Waals surface area (Å²) < 4.78 is 55.2. The van der Waals surface area contributed by atoms with E-state index in [1.807, 2.05) is 11.6 Å². The van der Waals surface area contributed by atoms with E-state index in [1.165, 1.54) is 12.4 Å². The molecule has 2 N–H and O–H groups in total. The van der Waals surface area contributed by atoms with Crippen LogP contribution in [0.5, 0.6) is 0 Å². The first-order chi connectivity index (χ1) is 17.9. The van der Waals surface area contributed by atoms with Gasteiger partial charge in [0.15, 0.2) is 0 Å². The lowest BCUT2D eigenvalue weighted by atomic mass is 9.95. The van der Waals surface area contributed by atoms with Crippen molar-refractivity contribution >= 4 is 16.9 Å². The number of rotatable bonds is 3. The van der Waals surface area contributed by atoms with E-state index in [9.17, 15) is 22.7 Å². The van der Waals surface area contributed by atoms with Gasteiger partial charge in [-0.1, -0.05) is 11.8 Å². The number of benzene rings is 1. The number of nitrogens with zero attached hydrogens (tertiary/aromatic N) is 5. The van der Waals surface area contributed by atoms with E-state index in [-0.39, 0.29) is 11.5 Å². The molecular weight excluding hydrogens is 500 g/mol. The third-order valence-corrected chi connectivity index (χ3v) is 6.59. The van der Waals surface area contributed by atoms with Gasteiger partial charge in [0.25, 0.3) is 0 Å². The summed E-state index contributed by atoms with van der Waals surface area (Å²) in [6.07, 6.45) is 1.65. The van der Waals surface area contributed by atoms with Crippen molar-refractivity contribution in [1.82, 2.24) is 24.5 Å². The largest absolute Gasteiger partial charge is 0.419 e. The maximum absolute atomic E-state index is 13.8. The van der Waals surface area contributed by atoms with Crippen LogP contribution in [-0.4, -0.2) is 48.3 Å². The van der Waals surface area contributed by atoms with Gasteiger partial charge in [-0.05, 0) is 44.9 Å². The summed E-state index contributed by atoms with van der Waals surface area (Å²) in [5.74, 6) is 6.15. The molecular formula is C27H26F4N6O. The van der Waals surface area contributed by atoms with Crippen LogP contribution in [0.15, 0.2) is 36.9 Å². The smallest absolute Gasteiger partial charge is 0.378 e. The molecule has 0 amide bonds. The average molecular weight is 527 g/mol. The summed E-state index contributed by atoms with van der Waals surface area (Å²) in [5.41, 5.74) is -0.498. The summed E-state index contributed by atoms with van der Waals surface area (Å²) in [5, 5.41) is 10.8. The lowest BCUT2D eigenvalue weighted by Crippen LogP contribution is -2.34. The van der Waals surface area contributed by atoms with E-state index in [1.54, 1.807) is 26.2 Å². The number of halogens is 4. The normalized spacial score (nSPS) is 15.1. The van der Waals surface area contributed by atoms with Crippen LogP contribution in [0.4, 0.5) is 23.4 Å². The van der Waals surface area contributed by atoms with Crippen molar-refractivity contribution in [1.29, 1.82) is 0 Å². The first kappa shape index (κ1) is 25.7. The molecule has 4 aromatic rings. The number of aromatic nitrogens is 5. The van der Waals surface area contributed by atoms with Crippen molar-refractivity contribution in [2.45, 2.75) is 44.4 Å². The molecule has 198 valence electrons. The second-order valence-electron chi connectivity index (χ2n) is 9.98. The summed E-state index contributed by atoms with van der Waals surface area (Å²) >= 11 is 0. The number of alkyl halides is 3. The minimum Gasteiger partial charge on any atom is -0.378 e. The van der Waals surface area contributed by atoms with Crippen molar-refractivity contribution in [3.8, 4) is 23.1 Å². The average Bonchev–Trinajstić information content (AvgIpc) is 3.45. The summed E-state index contributed by atoms with van der Waals surface area (Å²) in [7, 11) is 1.81. The number of nitrogens with one attached hydrogen (secondary N) is 1. The Hall–Kier alpha value is -3.91. The molecule has 0 aliphatic carbocycles. The lowest BCUT2D eigenvalue weighted by molar-refractivity contribution is -0.139. The van der Waals surface area contributed by atoms with E-state index < -0.39 is 23.2 Å². The van der Waals surface area contributed by atoms with E-state index >= 15 is 0 Å². The van der Waals surface area contributed by atoms with Crippen LogP contribution in [0.25, 0.3) is 22.3 Å². The standard InChI is InChI=1S/C27H26F4N6O/c1-26(2,38)9-6-18-13-32-23-22(18)25(34-15-33-23)37-10-7-16(8-11-37)24-35-21(14-36(24)3)17-4-5-20(28)19(12-17)27(29,30)31/h4-5,12-16,38H,7-8,10-11H2,1-3H3,(H,32,33,34). The van der Waals surface area contributed by atoms with E-state index in [0.717, 1.165) is 42.0 Å². The second-order valence-corrected chi connectivity index (χ2v) is 9.98. The van der Waals surface area contributed by atoms with Gasteiger partial charge in [-0.3, -0.25) is 0 Å². The number of aromatic amines is 1. The number of aryl methyl sites for hydroxylation is 1. The number of aliphatic hydroxyl groups is 1. The molecule has 7 nitrogen and oxygen atoms in total. The zero-order valence-corrected chi connectivity index (χ0v) is 21.1. The van der Waals surface area contributed by atoms with Gasteiger partial charge in [0, 0.05) is 44.0 Å². The molecule has 0 saturated carbocycles. The SMILES string of the molecule is Cn1cc(-c2ccc(F)c(C(F)(F)F)c2)nc1C1CCN(c2ncnc3[nH]cc(C#CC(C)(C)O)c23)CC1. The van der Waals surface area contributed by atoms with Gasteiger partial charge in [-0.15, -0.1) is 0 Å². The van der Waals surface area contributed by atoms with Gasteiger partial charge in [0.2, 0.25) is 0 Å². The van der Waals surface area contributed by atoms with Crippen LogP contribution in [0.2, 0.25) is 0 Å². The number of piperidine rings is 1. The van der Waals surface area contributed by atoms with Gasteiger partial charge in [-0.2, -0.15) is 13.2 Å². The second kappa shape index (κ2) is 9.44. The van der Waals surface area contributed by atoms with Crippen molar-refractivity contribution in [2.24, 2.45) is 7.05 Å². The van der Waals surface area contributed by atoms with Gasteiger partial charge < -0.3 is 19.6 Å². The van der Waals surface area contributed by atoms with Crippen molar-refractivity contribution < 1.29 is 22.7 Å². The maximum Gasteiger partial charge on any atom is 0.419 e.